The van der Waals surface area contributed by atoms with Crippen molar-refractivity contribution in [2.75, 3.05) is 5.01 Å². The molecule has 0 radical (unpaired) electrons. The normalized spacial score (nSPS) is 12.7. The zero-order valence-electron chi connectivity index (χ0n) is 29.2. The average Bonchev–Trinajstić information content (AvgIpc) is 3.68. The maximum absolute atomic E-state index is 15.2. The van der Waals surface area contributed by atoms with E-state index in [1.54, 1.807) is 25.5 Å². The van der Waals surface area contributed by atoms with Gasteiger partial charge >= 0.3 is 5.97 Å². The van der Waals surface area contributed by atoms with Gasteiger partial charge in [-0.25, -0.2) is 24.1 Å². The molecule has 0 atom stereocenters. The van der Waals surface area contributed by atoms with Gasteiger partial charge in [-0.2, -0.15) is 5.10 Å². The Labute approximate surface area is 286 Å². The lowest BCUT2D eigenvalue weighted by Crippen LogP contribution is -2.43. The molecule has 2 heterocycles. The number of amides is 1. The highest BCUT2D eigenvalue weighted by Gasteiger charge is 2.39. The summed E-state index contributed by atoms with van der Waals surface area (Å²) in [5.74, 6) is 0.333. The fourth-order valence-corrected chi connectivity index (χ4v) is 6.55. The molecular formula is C40H53N5O3. The first kappa shape index (κ1) is 35.1. The van der Waals surface area contributed by atoms with E-state index in [0.717, 1.165) is 62.5 Å². The number of carbonyl (C=O) groups is 2. The summed E-state index contributed by atoms with van der Waals surface area (Å²) >= 11 is 0. The van der Waals surface area contributed by atoms with Crippen LogP contribution in [0.2, 0.25) is 0 Å². The predicted molar refractivity (Wildman–Crippen MR) is 192 cm³/mol. The second-order valence-corrected chi connectivity index (χ2v) is 13.2. The van der Waals surface area contributed by atoms with Crippen LogP contribution in [0.15, 0.2) is 67.1 Å². The highest BCUT2D eigenvalue weighted by Crippen LogP contribution is 2.33. The summed E-state index contributed by atoms with van der Waals surface area (Å²) in [4.78, 5) is 33.8. The van der Waals surface area contributed by atoms with Crippen LogP contribution in [0.5, 0.6) is 5.88 Å². The summed E-state index contributed by atoms with van der Waals surface area (Å²) in [6.07, 6.45) is 22.8. The number of hydrogen-bond acceptors (Lipinski definition) is 5. The number of aromatic nitrogens is 4. The largest absolute Gasteiger partial charge is 0.404 e. The minimum Gasteiger partial charge on any atom is -0.404 e. The lowest BCUT2D eigenvalue weighted by atomic mass is 9.88. The van der Waals surface area contributed by atoms with Gasteiger partial charge in [0.1, 0.15) is 0 Å². The number of aryl methyl sites for hydroxylation is 2. The number of unbranched alkanes of at least 4 members (excludes halogenated alkanes) is 10. The Balaban J connectivity index is 1.55. The summed E-state index contributed by atoms with van der Waals surface area (Å²) < 4.78 is 9.29. The molecule has 1 fully saturated rings. The molecule has 2 aromatic carbocycles. The first-order valence-corrected chi connectivity index (χ1v) is 18.3. The third-order valence-electron chi connectivity index (χ3n) is 9.38. The molecule has 0 unspecified atom stereocenters. The molecule has 256 valence electrons. The van der Waals surface area contributed by atoms with Gasteiger partial charge in [-0.3, -0.25) is 4.79 Å². The third-order valence-corrected chi connectivity index (χ3v) is 9.38. The van der Waals surface area contributed by atoms with Crippen molar-refractivity contribution in [1.29, 1.82) is 0 Å². The molecule has 5 rings (SSSR count). The second kappa shape index (κ2) is 17.8. The highest BCUT2D eigenvalue weighted by molar-refractivity contribution is 6.11. The number of nitrogens with zero attached hydrogens (tertiary/aromatic N) is 5. The second-order valence-electron chi connectivity index (χ2n) is 13.2. The van der Waals surface area contributed by atoms with Crippen molar-refractivity contribution in [1.82, 2.24) is 19.4 Å². The Hall–Kier alpha value is -4.20. The lowest BCUT2D eigenvalue weighted by Gasteiger charge is -2.28. The van der Waals surface area contributed by atoms with Crippen molar-refractivity contribution < 1.29 is 14.3 Å². The van der Waals surface area contributed by atoms with Gasteiger partial charge in [-0.15, -0.1) is 0 Å². The van der Waals surface area contributed by atoms with E-state index in [9.17, 15) is 4.79 Å². The fourth-order valence-electron chi connectivity index (χ4n) is 6.55. The standard InChI is InChI=1S/C40H53N5O3/c1-4-6-8-10-12-15-19-31-23-26-35(40(47)48-36-27-28-42-43(36)3)37(34(31)22-18-13-11-9-7-5-2)39(46)45(33-24-25-33)44-30-29-41-38(44)32-20-16-14-17-21-32/h14,16-17,20-21,23,26-30,33H,4-13,15,18-19,22,24-25H2,1-3H3. The van der Waals surface area contributed by atoms with E-state index in [4.69, 9.17) is 4.74 Å². The summed E-state index contributed by atoms with van der Waals surface area (Å²) in [5.41, 5.74) is 3.88. The molecule has 8 heteroatoms. The van der Waals surface area contributed by atoms with Crippen LogP contribution in [0, 0.1) is 0 Å². The molecule has 2 aromatic heterocycles. The molecule has 0 bridgehead atoms. The number of carbonyl (C=O) groups excluding carboxylic acids is 2. The molecule has 0 saturated heterocycles. The van der Waals surface area contributed by atoms with E-state index in [1.807, 2.05) is 52.3 Å². The maximum Gasteiger partial charge on any atom is 0.345 e. The van der Waals surface area contributed by atoms with Gasteiger partial charge in [0.2, 0.25) is 5.88 Å². The SMILES string of the molecule is CCCCCCCCc1ccc(C(=O)Oc2ccnn2C)c(C(=O)N(C2CC2)n2ccnc2-c2ccccc2)c1CCCCCCCC. The Bertz CT molecular complexity index is 1600. The van der Waals surface area contributed by atoms with E-state index >= 15 is 4.79 Å². The quantitative estimate of drug-likeness (QED) is 0.0703. The number of esters is 1. The van der Waals surface area contributed by atoms with Crippen LogP contribution in [-0.2, 0) is 19.9 Å². The molecule has 1 aliphatic carbocycles. The molecule has 48 heavy (non-hydrogen) atoms. The molecule has 1 aliphatic rings. The Kier molecular flexibility index (Phi) is 13.0. The van der Waals surface area contributed by atoms with Crippen molar-refractivity contribution >= 4 is 11.9 Å². The number of hydrogen-bond donors (Lipinski definition) is 0. The summed E-state index contributed by atoms with van der Waals surface area (Å²) in [5, 5.41) is 6.01. The van der Waals surface area contributed by atoms with Crippen LogP contribution < -0.4 is 9.75 Å². The molecule has 0 N–H and O–H groups in total. The van der Waals surface area contributed by atoms with Gasteiger partial charge in [-0.1, -0.05) is 114 Å². The van der Waals surface area contributed by atoms with Gasteiger partial charge in [0.25, 0.3) is 5.91 Å². The topological polar surface area (TPSA) is 82.2 Å². The van der Waals surface area contributed by atoms with Crippen molar-refractivity contribution in [3.8, 4) is 17.3 Å². The number of imidazole rings is 1. The monoisotopic (exact) mass is 651 g/mol. The maximum atomic E-state index is 15.2. The minimum absolute atomic E-state index is 0.0271. The van der Waals surface area contributed by atoms with E-state index in [-0.39, 0.29) is 11.9 Å². The van der Waals surface area contributed by atoms with Gasteiger partial charge in [0, 0.05) is 31.1 Å². The molecule has 0 aliphatic heterocycles. The summed E-state index contributed by atoms with van der Waals surface area (Å²) in [6, 6.07) is 15.5. The van der Waals surface area contributed by atoms with Crippen LogP contribution in [0.3, 0.4) is 0 Å². The Morgan fingerprint density at radius 1 is 0.812 bits per heavy atom. The average molecular weight is 652 g/mol. The van der Waals surface area contributed by atoms with E-state index in [0.29, 0.717) is 22.8 Å². The van der Waals surface area contributed by atoms with E-state index < -0.39 is 5.97 Å². The Morgan fingerprint density at radius 3 is 2.12 bits per heavy atom. The summed E-state index contributed by atoms with van der Waals surface area (Å²) in [7, 11) is 1.74. The smallest absolute Gasteiger partial charge is 0.345 e. The molecule has 4 aromatic rings. The Morgan fingerprint density at radius 2 is 1.48 bits per heavy atom. The minimum atomic E-state index is -0.540. The first-order valence-electron chi connectivity index (χ1n) is 18.3. The van der Waals surface area contributed by atoms with Crippen molar-refractivity contribution in [2.24, 2.45) is 7.05 Å². The molecule has 0 spiro atoms. The third kappa shape index (κ3) is 9.03. The van der Waals surface area contributed by atoms with Gasteiger partial charge < -0.3 is 4.74 Å². The number of ether oxygens (including phenoxy) is 1. The van der Waals surface area contributed by atoms with E-state index in [2.05, 4.69) is 30.0 Å². The van der Waals surface area contributed by atoms with Gasteiger partial charge in [0.15, 0.2) is 5.82 Å². The number of rotatable bonds is 20. The number of benzene rings is 2. The van der Waals surface area contributed by atoms with Crippen LogP contribution >= 0.6 is 0 Å². The zero-order chi connectivity index (χ0) is 33.7. The van der Waals surface area contributed by atoms with Crippen LogP contribution in [0.25, 0.3) is 11.4 Å². The summed E-state index contributed by atoms with van der Waals surface area (Å²) in [6.45, 7) is 4.48. The van der Waals surface area contributed by atoms with E-state index in [1.165, 1.54) is 61.6 Å². The molecule has 8 nitrogen and oxygen atoms in total. The molecular weight excluding hydrogens is 598 g/mol. The molecule has 1 saturated carbocycles. The molecule has 1 amide bonds. The first-order chi connectivity index (χ1) is 23.5. The van der Waals surface area contributed by atoms with Crippen LogP contribution in [0.1, 0.15) is 136 Å². The zero-order valence-corrected chi connectivity index (χ0v) is 29.2. The predicted octanol–water partition coefficient (Wildman–Crippen LogP) is 9.25. The van der Waals surface area contributed by atoms with Crippen LogP contribution in [0.4, 0.5) is 0 Å². The lowest BCUT2D eigenvalue weighted by molar-refractivity contribution is 0.0714. The van der Waals surface area contributed by atoms with Crippen molar-refractivity contribution in [2.45, 2.75) is 123 Å². The fraction of sp³-hybridized carbons (Fsp3) is 0.500. The van der Waals surface area contributed by atoms with Crippen molar-refractivity contribution in [3.05, 3.63) is 89.4 Å². The van der Waals surface area contributed by atoms with Crippen LogP contribution in [-0.4, -0.2) is 37.4 Å². The van der Waals surface area contributed by atoms with Crippen molar-refractivity contribution in [3.63, 3.8) is 0 Å². The van der Waals surface area contributed by atoms with Gasteiger partial charge in [-0.05, 0) is 55.7 Å². The highest BCUT2D eigenvalue weighted by atomic mass is 16.5. The van der Waals surface area contributed by atoms with Gasteiger partial charge in [0.05, 0.1) is 23.4 Å².